The summed E-state index contributed by atoms with van der Waals surface area (Å²) in [5.41, 5.74) is 0.556. The smallest absolute Gasteiger partial charge is 0.267 e. The molecule has 3 aromatic heterocycles. The van der Waals surface area contributed by atoms with Gasteiger partial charge in [0.05, 0.1) is 9.77 Å². The Bertz CT molecular complexity index is 1390. The summed E-state index contributed by atoms with van der Waals surface area (Å²) in [6.45, 7) is -0.287. The molecule has 0 aliphatic heterocycles. The highest BCUT2D eigenvalue weighted by atomic mass is 32.2. The van der Waals surface area contributed by atoms with Crippen molar-refractivity contribution in [3.05, 3.63) is 82.7 Å². The first-order chi connectivity index (χ1) is 15.4. The fourth-order valence-electron chi connectivity index (χ4n) is 2.70. The van der Waals surface area contributed by atoms with E-state index < -0.39 is 21.5 Å². The van der Waals surface area contributed by atoms with Crippen LogP contribution < -0.4 is 15.6 Å². The first-order valence-corrected chi connectivity index (χ1v) is 11.6. The van der Waals surface area contributed by atoms with Crippen LogP contribution in [0.3, 0.4) is 0 Å². The van der Waals surface area contributed by atoms with Crippen molar-refractivity contribution in [3.8, 4) is 10.6 Å². The van der Waals surface area contributed by atoms with Crippen molar-refractivity contribution >= 4 is 38.9 Å². The zero-order valence-electron chi connectivity index (χ0n) is 16.4. The third-order valence-corrected chi connectivity index (χ3v) is 6.41. The number of anilines is 2. The average molecular weight is 469 g/mol. The quantitative estimate of drug-likeness (QED) is 0.424. The van der Waals surface area contributed by atoms with Crippen LogP contribution in [0.25, 0.3) is 10.6 Å². The SMILES string of the molecule is O=C(Cn1nc(-c2cccs2)ccc1=O)Nc1ccc(S(=O)(=O)Nc2ncccn2)cc1. The Morgan fingerprint density at radius 1 is 1.00 bits per heavy atom. The van der Waals surface area contributed by atoms with Crippen molar-refractivity contribution in [1.82, 2.24) is 19.7 Å². The molecular weight excluding hydrogens is 452 g/mol. The minimum Gasteiger partial charge on any atom is -0.324 e. The maximum Gasteiger partial charge on any atom is 0.267 e. The van der Waals surface area contributed by atoms with Crippen molar-refractivity contribution in [3.63, 3.8) is 0 Å². The summed E-state index contributed by atoms with van der Waals surface area (Å²) >= 11 is 1.48. The van der Waals surface area contributed by atoms with Gasteiger partial charge in [0, 0.05) is 24.1 Å². The monoisotopic (exact) mass is 468 g/mol. The molecule has 12 heteroatoms. The number of amides is 1. The van der Waals surface area contributed by atoms with Crippen LogP contribution in [0, 0.1) is 0 Å². The van der Waals surface area contributed by atoms with Gasteiger partial charge in [0.2, 0.25) is 11.9 Å². The minimum atomic E-state index is -3.88. The Balaban J connectivity index is 1.43. The lowest BCUT2D eigenvalue weighted by Gasteiger charge is -2.09. The summed E-state index contributed by atoms with van der Waals surface area (Å²) in [4.78, 5) is 33.0. The van der Waals surface area contributed by atoms with Crippen LogP contribution in [-0.2, 0) is 21.4 Å². The van der Waals surface area contributed by atoms with E-state index in [2.05, 4.69) is 25.1 Å². The van der Waals surface area contributed by atoms with E-state index in [9.17, 15) is 18.0 Å². The fourth-order valence-corrected chi connectivity index (χ4v) is 4.35. The fraction of sp³-hybridized carbons (Fsp3) is 0.0500. The van der Waals surface area contributed by atoms with Gasteiger partial charge in [-0.15, -0.1) is 11.3 Å². The van der Waals surface area contributed by atoms with Gasteiger partial charge < -0.3 is 5.32 Å². The third kappa shape index (κ3) is 5.04. The van der Waals surface area contributed by atoms with E-state index in [0.717, 1.165) is 9.56 Å². The highest BCUT2D eigenvalue weighted by Gasteiger charge is 2.16. The van der Waals surface area contributed by atoms with Gasteiger partial charge in [0.15, 0.2) is 0 Å². The van der Waals surface area contributed by atoms with Gasteiger partial charge in [-0.2, -0.15) is 5.10 Å². The Morgan fingerprint density at radius 3 is 2.44 bits per heavy atom. The van der Waals surface area contributed by atoms with Gasteiger partial charge in [-0.3, -0.25) is 9.59 Å². The molecule has 0 atom stereocenters. The molecule has 1 aromatic carbocycles. The Kier molecular flexibility index (Phi) is 6.05. The summed E-state index contributed by atoms with van der Waals surface area (Å²) < 4.78 is 28.2. The number of hydrogen-bond donors (Lipinski definition) is 2. The zero-order valence-corrected chi connectivity index (χ0v) is 18.0. The Hall–Kier alpha value is -3.90. The van der Waals surface area contributed by atoms with E-state index in [1.165, 1.54) is 54.1 Å². The van der Waals surface area contributed by atoms with E-state index in [4.69, 9.17) is 0 Å². The van der Waals surface area contributed by atoms with Crippen LogP contribution >= 0.6 is 11.3 Å². The second kappa shape index (κ2) is 9.08. The molecule has 0 spiro atoms. The van der Waals surface area contributed by atoms with Crippen LogP contribution in [0.5, 0.6) is 0 Å². The van der Waals surface area contributed by atoms with Crippen molar-refractivity contribution in [2.24, 2.45) is 0 Å². The molecule has 0 bridgehead atoms. The van der Waals surface area contributed by atoms with Crippen LogP contribution in [0.15, 0.2) is 82.1 Å². The average Bonchev–Trinajstić information content (AvgIpc) is 3.31. The molecule has 0 fully saturated rings. The number of carbonyl (C=O) groups excluding carboxylic acids is 1. The Labute approximate surface area is 186 Å². The van der Waals surface area contributed by atoms with Gasteiger partial charge in [-0.1, -0.05) is 6.07 Å². The molecule has 3 heterocycles. The number of hydrogen-bond acceptors (Lipinski definition) is 8. The van der Waals surface area contributed by atoms with E-state index in [-0.39, 0.29) is 17.4 Å². The van der Waals surface area contributed by atoms with Crippen molar-refractivity contribution in [1.29, 1.82) is 0 Å². The second-order valence-electron chi connectivity index (χ2n) is 6.44. The number of benzene rings is 1. The van der Waals surface area contributed by atoms with E-state index in [1.54, 1.807) is 12.1 Å². The number of sulfonamides is 1. The second-order valence-corrected chi connectivity index (χ2v) is 9.07. The first kappa shape index (κ1) is 21.3. The molecular formula is C20H16N6O4S2. The van der Waals surface area contributed by atoms with Crippen molar-refractivity contribution < 1.29 is 13.2 Å². The molecule has 0 radical (unpaired) electrons. The van der Waals surface area contributed by atoms with Gasteiger partial charge in [0.25, 0.3) is 15.6 Å². The molecule has 0 unspecified atom stereocenters. The van der Waals surface area contributed by atoms with Crippen LogP contribution in [0.2, 0.25) is 0 Å². The molecule has 0 saturated heterocycles. The van der Waals surface area contributed by atoms with Crippen molar-refractivity contribution in [2.75, 3.05) is 10.0 Å². The Morgan fingerprint density at radius 2 is 1.75 bits per heavy atom. The van der Waals surface area contributed by atoms with Gasteiger partial charge in [-0.25, -0.2) is 27.8 Å². The first-order valence-electron chi connectivity index (χ1n) is 9.22. The molecule has 4 aromatic rings. The normalized spacial score (nSPS) is 11.1. The molecule has 2 N–H and O–H groups in total. The maximum atomic E-state index is 12.4. The summed E-state index contributed by atoms with van der Waals surface area (Å²) in [7, 11) is -3.88. The lowest BCUT2D eigenvalue weighted by molar-refractivity contribution is -0.117. The molecule has 4 rings (SSSR count). The topological polar surface area (TPSA) is 136 Å². The lowest BCUT2D eigenvalue weighted by atomic mass is 10.3. The van der Waals surface area contributed by atoms with Gasteiger partial charge >= 0.3 is 0 Å². The molecule has 0 aliphatic rings. The minimum absolute atomic E-state index is 0.0236. The van der Waals surface area contributed by atoms with E-state index >= 15 is 0 Å². The summed E-state index contributed by atoms with van der Waals surface area (Å²) in [5, 5.41) is 8.76. The maximum absolute atomic E-state index is 12.4. The molecule has 1 amide bonds. The standard InChI is InChI=1S/C20H16N6O4S2/c27-18(13-26-19(28)9-8-16(24-26)17-3-1-12-31-17)23-14-4-6-15(7-5-14)32(29,30)25-20-21-10-2-11-22-20/h1-12H,13H2,(H,23,27)(H,21,22,25). The predicted octanol–water partition coefficient (Wildman–Crippen LogP) is 2.20. The van der Waals surface area contributed by atoms with Gasteiger partial charge in [0.1, 0.15) is 12.2 Å². The molecule has 0 aliphatic carbocycles. The number of rotatable bonds is 7. The number of thiophene rings is 1. The summed E-state index contributed by atoms with van der Waals surface area (Å²) in [6, 6.07) is 13.8. The number of nitrogens with zero attached hydrogens (tertiary/aromatic N) is 4. The molecule has 32 heavy (non-hydrogen) atoms. The third-order valence-electron chi connectivity index (χ3n) is 4.17. The summed E-state index contributed by atoms with van der Waals surface area (Å²) in [5.74, 6) is -0.526. The number of aromatic nitrogens is 4. The largest absolute Gasteiger partial charge is 0.324 e. The molecule has 162 valence electrons. The highest BCUT2D eigenvalue weighted by Crippen LogP contribution is 2.21. The van der Waals surface area contributed by atoms with Crippen LogP contribution in [0.1, 0.15) is 0 Å². The zero-order chi connectivity index (χ0) is 22.6. The van der Waals surface area contributed by atoms with E-state index in [1.807, 2.05) is 17.5 Å². The van der Waals surface area contributed by atoms with Crippen LogP contribution in [0.4, 0.5) is 11.6 Å². The van der Waals surface area contributed by atoms with E-state index in [0.29, 0.717) is 11.4 Å². The lowest BCUT2D eigenvalue weighted by Crippen LogP contribution is -2.29. The van der Waals surface area contributed by atoms with Crippen molar-refractivity contribution in [2.45, 2.75) is 11.4 Å². The number of carbonyl (C=O) groups is 1. The molecule has 10 nitrogen and oxygen atoms in total. The molecule has 0 saturated carbocycles. The summed E-state index contributed by atoms with van der Waals surface area (Å²) in [6.07, 6.45) is 2.83. The predicted molar refractivity (Wildman–Crippen MR) is 120 cm³/mol. The van der Waals surface area contributed by atoms with Crippen LogP contribution in [-0.4, -0.2) is 34.1 Å². The highest BCUT2D eigenvalue weighted by molar-refractivity contribution is 7.92. The van der Waals surface area contributed by atoms with Gasteiger partial charge in [-0.05, 0) is 47.8 Å². The number of nitrogens with one attached hydrogen (secondary N) is 2.